The number of likely N-dealkylation sites (tertiary alicyclic amines) is 1. The number of carbonyl (C=O) groups is 1. The largest absolute Gasteiger partial charge is 0.444 e. The number of piperidine rings is 1. The van der Waals surface area contributed by atoms with Gasteiger partial charge in [-0.1, -0.05) is 17.7 Å². The van der Waals surface area contributed by atoms with Gasteiger partial charge < -0.3 is 20.8 Å². The summed E-state index contributed by atoms with van der Waals surface area (Å²) in [6.07, 6.45) is 3.49. The first-order valence-corrected chi connectivity index (χ1v) is 13.2. The Bertz CT molecular complexity index is 1170. The van der Waals surface area contributed by atoms with E-state index in [2.05, 4.69) is 5.43 Å². The van der Waals surface area contributed by atoms with E-state index >= 15 is 0 Å². The average molecular weight is 503 g/mol. The third-order valence-corrected chi connectivity index (χ3v) is 8.14. The molecule has 3 heterocycles. The van der Waals surface area contributed by atoms with Gasteiger partial charge in [0.25, 0.3) is 10.0 Å². The number of hydrogen-bond acceptors (Lipinski definition) is 8. The number of benzene rings is 1. The molecule has 0 bridgehead atoms. The quantitative estimate of drug-likeness (QED) is 0.576. The molecule has 3 aliphatic heterocycles. The maximum Gasteiger partial charge on any atom is 0.410 e. The monoisotopic (exact) mass is 502 g/mol. The molecule has 35 heavy (non-hydrogen) atoms. The second-order valence-corrected chi connectivity index (χ2v) is 12.2. The Kier molecular flexibility index (Phi) is 6.58. The molecule has 1 amide bonds. The van der Waals surface area contributed by atoms with Crippen molar-refractivity contribution in [3.05, 3.63) is 53.5 Å². The average Bonchev–Trinajstić information content (AvgIpc) is 3.36. The summed E-state index contributed by atoms with van der Waals surface area (Å²) in [6.45, 7) is 10.2. The maximum atomic E-state index is 13.0. The molecule has 0 saturated carbocycles. The summed E-state index contributed by atoms with van der Waals surface area (Å²) in [5, 5.41) is 10.4. The fourth-order valence-electron chi connectivity index (χ4n) is 4.63. The van der Waals surface area contributed by atoms with E-state index in [0.29, 0.717) is 31.1 Å². The van der Waals surface area contributed by atoms with E-state index in [1.54, 1.807) is 17.0 Å². The van der Waals surface area contributed by atoms with Crippen LogP contribution in [-0.2, 0) is 14.8 Å². The highest BCUT2D eigenvalue weighted by Crippen LogP contribution is 2.32. The van der Waals surface area contributed by atoms with Crippen LogP contribution in [0.4, 0.5) is 4.79 Å². The zero-order chi connectivity index (χ0) is 25.5. The molecule has 0 aliphatic carbocycles. The molecule has 2 atom stereocenters. The maximum absolute atomic E-state index is 13.0. The molecular weight excluding hydrogens is 468 g/mol. The fraction of sp³-hybridized carbons (Fsp3) is 0.500. The summed E-state index contributed by atoms with van der Waals surface area (Å²) in [5.41, 5.74) is 10.2. The van der Waals surface area contributed by atoms with Crippen LogP contribution in [0.3, 0.4) is 0 Å². The number of amides is 1. The standard InChI is InChI=1S/C24H34N6O4S/c1-16-5-7-19(8-6-16)35(32,33)30-12-10-20(22(30)26)21(25)27-29-11-9-17-13-28(14-18(17)15-29)23(31)34-24(2,3)4/h5-8,10,12,17-18,26-27H,9,11,13-15,25H2,1-4H3/b21-20+,26-22?. The van der Waals surface area contributed by atoms with Crippen molar-refractivity contribution < 1.29 is 17.9 Å². The topological polar surface area (TPSA) is 132 Å². The Morgan fingerprint density at radius 2 is 1.80 bits per heavy atom. The van der Waals surface area contributed by atoms with E-state index in [9.17, 15) is 13.2 Å². The van der Waals surface area contributed by atoms with Crippen LogP contribution in [0.15, 0.2) is 52.8 Å². The summed E-state index contributed by atoms with van der Waals surface area (Å²) in [5.74, 6) is 0.684. The number of nitrogens with zero attached hydrogens (tertiary/aromatic N) is 3. The smallest absolute Gasteiger partial charge is 0.410 e. The minimum absolute atomic E-state index is 0.114. The number of rotatable bonds is 4. The zero-order valence-electron chi connectivity index (χ0n) is 20.6. The van der Waals surface area contributed by atoms with Crippen LogP contribution in [0.5, 0.6) is 0 Å². The number of carbonyl (C=O) groups excluding carboxylic acids is 1. The number of hydrazine groups is 1. The lowest BCUT2D eigenvalue weighted by molar-refractivity contribution is 0.0283. The molecule has 190 valence electrons. The van der Waals surface area contributed by atoms with Crippen molar-refractivity contribution in [2.24, 2.45) is 17.6 Å². The summed E-state index contributed by atoms with van der Waals surface area (Å²) in [4.78, 5) is 14.4. The number of nitrogens with one attached hydrogen (secondary N) is 2. The van der Waals surface area contributed by atoms with Crippen molar-refractivity contribution in [2.75, 3.05) is 26.2 Å². The Labute approximate surface area is 206 Å². The SMILES string of the molecule is Cc1ccc(S(=O)(=O)N2C=C/C(=C(/N)NN3CCC4CN(C(=O)OC(C)(C)C)CC4C3)C2=N)cc1. The van der Waals surface area contributed by atoms with Crippen LogP contribution in [0.25, 0.3) is 0 Å². The molecular formula is C24H34N6O4S. The predicted octanol–water partition coefficient (Wildman–Crippen LogP) is 2.35. The van der Waals surface area contributed by atoms with E-state index in [4.69, 9.17) is 15.9 Å². The Hall–Kier alpha value is -3.05. The first kappa shape index (κ1) is 25.1. The molecule has 1 aromatic rings. The molecule has 10 nitrogen and oxygen atoms in total. The van der Waals surface area contributed by atoms with Gasteiger partial charge in [-0.05, 0) is 64.2 Å². The molecule has 0 aromatic heterocycles. The summed E-state index contributed by atoms with van der Waals surface area (Å²) >= 11 is 0. The second kappa shape index (κ2) is 9.19. The molecule has 1 aromatic carbocycles. The Morgan fingerprint density at radius 3 is 2.46 bits per heavy atom. The van der Waals surface area contributed by atoms with Crippen molar-refractivity contribution in [2.45, 2.75) is 44.6 Å². The highest BCUT2D eigenvalue weighted by molar-refractivity contribution is 7.89. The van der Waals surface area contributed by atoms with E-state index in [-0.39, 0.29) is 28.6 Å². The minimum atomic E-state index is -3.90. The van der Waals surface area contributed by atoms with Crippen LogP contribution in [0.2, 0.25) is 0 Å². The first-order valence-electron chi connectivity index (χ1n) is 11.7. The number of ether oxygens (including phenoxy) is 1. The van der Waals surface area contributed by atoms with Crippen molar-refractivity contribution >= 4 is 22.0 Å². The molecule has 11 heteroatoms. The summed E-state index contributed by atoms with van der Waals surface area (Å²) in [6, 6.07) is 6.50. The van der Waals surface area contributed by atoms with Crippen LogP contribution in [0.1, 0.15) is 32.8 Å². The number of hydrogen-bond donors (Lipinski definition) is 3. The van der Waals surface area contributed by atoms with Gasteiger partial charge in [-0.15, -0.1) is 0 Å². The molecule has 2 fully saturated rings. The lowest BCUT2D eigenvalue weighted by atomic mass is 9.89. The normalized spacial score (nSPS) is 24.5. The van der Waals surface area contributed by atoms with Gasteiger partial charge in [0.2, 0.25) is 0 Å². The van der Waals surface area contributed by atoms with Crippen molar-refractivity contribution in [3.8, 4) is 0 Å². The van der Waals surface area contributed by atoms with Gasteiger partial charge >= 0.3 is 6.09 Å². The van der Waals surface area contributed by atoms with Crippen molar-refractivity contribution in [1.82, 2.24) is 19.6 Å². The summed E-state index contributed by atoms with van der Waals surface area (Å²) < 4.78 is 32.5. The van der Waals surface area contributed by atoms with Crippen LogP contribution >= 0.6 is 0 Å². The fourth-order valence-corrected chi connectivity index (χ4v) is 5.90. The first-order chi connectivity index (χ1) is 16.3. The second-order valence-electron chi connectivity index (χ2n) is 10.4. The predicted molar refractivity (Wildman–Crippen MR) is 132 cm³/mol. The molecule has 2 saturated heterocycles. The van der Waals surface area contributed by atoms with Crippen LogP contribution in [-0.4, -0.2) is 66.3 Å². The molecule has 0 radical (unpaired) electrons. The Balaban J connectivity index is 1.39. The molecule has 4 N–H and O–H groups in total. The lowest BCUT2D eigenvalue weighted by Gasteiger charge is -2.35. The van der Waals surface area contributed by atoms with Gasteiger partial charge in [-0.2, -0.15) is 0 Å². The van der Waals surface area contributed by atoms with E-state index in [0.717, 1.165) is 22.8 Å². The van der Waals surface area contributed by atoms with Crippen LogP contribution in [0, 0.1) is 24.2 Å². The lowest BCUT2D eigenvalue weighted by Crippen LogP contribution is -2.49. The van der Waals surface area contributed by atoms with Crippen molar-refractivity contribution in [1.29, 1.82) is 5.41 Å². The highest BCUT2D eigenvalue weighted by atomic mass is 32.2. The molecule has 0 spiro atoms. The summed E-state index contributed by atoms with van der Waals surface area (Å²) in [7, 11) is -3.90. The minimum Gasteiger partial charge on any atom is -0.444 e. The molecule has 2 unspecified atom stereocenters. The number of fused-ring (bicyclic) bond motifs is 1. The number of nitrogens with two attached hydrogens (primary N) is 1. The molecule has 4 rings (SSSR count). The van der Waals surface area contributed by atoms with Gasteiger partial charge in [-0.3, -0.25) is 5.41 Å². The number of sulfonamides is 1. The zero-order valence-corrected chi connectivity index (χ0v) is 21.4. The third kappa shape index (κ3) is 5.30. The van der Waals surface area contributed by atoms with Gasteiger partial charge in [0.05, 0.1) is 10.5 Å². The van der Waals surface area contributed by atoms with Crippen molar-refractivity contribution in [3.63, 3.8) is 0 Å². The van der Waals surface area contributed by atoms with E-state index in [1.165, 1.54) is 24.4 Å². The third-order valence-electron chi connectivity index (χ3n) is 6.45. The molecule has 3 aliphatic rings. The Morgan fingerprint density at radius 1 is 1.14 bits per heavy atom. The van der Waals surface area contributed by atoms with Gasteiger partial charge in [0.15, 0.2) is 0 Å². The van der Waals surface area contributed by atoms with E-state index < -0.39 is 15.6 Å². The van der Waals surface area contributed by atoms with Gasteiger partial charge in [-0.25, -0.2) is 22.5 Å². The van der Waals surface area contributed by atoms with Crippen LogP contribution < -0.4 is 11.2 Å². The van der Waals surface area contributed by atoms with Gasteiger partial charge in [0.1, 0.15) is 17.3 Å². The highest BCUT2D eigenvalue weighted by Gasteiger charge is 2.40. The number of aryl methyl sites for hydroxylation is 1. The number of amidine groups is 1. The van der Waals surface area contributed by atoms with Gasteiger partial charge in [0, 0.05) is 32.4 Å². The van der Waals surface area contributed by atoms with E-state index in [1.807, 2.05) is 32.7 Å².